The van der Waals surface area contributed by atoms with Gasteiger partial charge in [-0.25, -0.2) is 0 Å². The molecule has 0 aliphatic heterocycles. The molecule has 0 saturated heterocycles. The highest BCUT2D eigenvalue weighted by Crippen LogP contribution is 2.17. The van der Waals surface area contributed by atoms with Gasteiger partial charge in [0.1, 0.15) is 0 Å². The van der Waals surface area contributed by atoms with Gasteiger partial charge in [0.15, 0.2) is 5.82 Å². The molecule has 0 atom stereocenters. The number of rotatable bonds is 1. The molecule has 0 radical (unpaired) electrons. The van der Waals surface area contributed by atoms with Crippen molar-refractivity contribution in [1.29, 1.82) is 0 Å². The molecule has 2 rings (SSSR count). The molecule has 82 valence electrons. The molecule has 0 aliphatic rings. The minimum Gasteiger partial charge on any atom is -0.264 e. The molecule has 0 unspecified atom stereocenters. The Morgan fingerprint density at radius 1 is 1.00 bits per heavy atom. The number of pyridine rings is 1. The van der Waals surface area contributed by atoms with Crippen molar-refractivity contribution < 1.29 is 0 Å². The van der Waals surface area contributed by atoms with E-state index in [-0.39, 0.29) is 5.41 Å². The van der Waals surface area contributed by atoms with Crippen LogP contribution in [0.1, 0.15) is 26.6 Å². The van der Waals surface area contributed by atoms with Gasteiger partial charge >= 0.3 is 0 Å². The predicted molar refractivity (Wildman–Crippen MR) is 59.6 cm³/mol. The van der Waals surface area contributed by atoms with Crippen LogP contribution in [0.25, 0.3) is 11.4 Å². The summed E-state index contributed by atoms with van der Waals surface area (Å²) in [6.07, 6.45) is 3.39. The molecule has 5 nitrogen and oxygen atoms in total. The largest absolute Gasteiger partial charge is 0.264 e. The summed E-state index contributed by atoms with van der Waals surface area (Å²) in [6.45, 7) is 6.07. The molecule has 2 aromatic rings. The molecule has 0 fully saturated rings. The number of hydrogen-bond acceptors (Lipinski definition) is 5. The quantitative estimate of drug-likeness (QED) is 0.723. The summed E-state index contributed by atoms with van der Waals surface area (Å²) in [5, 5.41) is 16.3. The number of aromatic nitrogens is 5. The van der Waals surface area contributed by atoms with E-state index in [0.29, 0.717) is 11.6 Å². The van der Waals surface area contributed by atoms with Crippen LogP contribution >= 0.6 is 0 Å². The van der Waals surface area contributed by atoms with Crippen molar-refractivity contribution in [3.05, 3.63) is 30.4 Å². The lowest BCUT2D eigenvalue weighted by Gasteiger charge is -2.13. The van der Waals surface area contributed by atoms with E-state index in [1.165, 1.54) is 0 Å². The van der Waals surface area contributed by atoms with Gasteiger partial charge in [0.25, 0.3) is 0 Å². The smallest absolute Gasteiger partial charge is 0.205 e. The van der Waals surface area contributed by atoms with Crippen molar-refractivity contribution in [2.75, 3.05) is 0 Å². The first kappa shape index (κ1) is 10.6. The van der Waals surface area contributed by atoms with Crippen LogP contribution in [0.3, 0.4) is 0 Å². The van der Waals surface area contributed by atoms with Crippen molar-refractivity contribution in [3.63, 3.8) is 0 Å². The minimum absolute atomic E-state index is 0.131. The zero-order valence-electron chi connectivity index (χ0n) is 9.55. The Hall–Kier alpha value is -1.91. The fourth-order valence-corrected chi connectivity index (χ4v) is 1.14. The zero-order chi connectivity index (χ0) is 11.6. The molecule has 0 spiro atoms. The lowest BCUT2D eigenvalue weighted by molar-refractivity contribution is 0.519. The summed E-state index contributed by atoms with van der Waals surface area (Å²) in [4.78, 5) is 4.00. The van der Waals surface area contributed by atoms with E-state index < -0.39 is 0 Å². The van der Waals surface area contributed by atoms with Gasteiger partial charge in [0, 0.05) is 23.4 Å². The number of nitrogens with zero attached hydrogens (tertiary/aromatic N) is 5. The van der Waals surface area contributed by atoms with Gasteiger partial charge in [-0.05, 0) is 12.1 Å². The van der Waals surface area contributed by atoms with Crippen LogP contribution in [0, 0.1) is 0 Å². The topological polar surface area (TPSA) is 64.5 Å². The maximum atomic E-state index is 4.07. The summed E-state index contributed by atoms with van der Waals surface area (Å²) in [5.74, 6) is 1.14. The van der Waals surface area contributed by atoms with E-state index in [0.717, 1.165) is 5.56 Å². The molecular weight excluding hydrogens is 202 g/mol. The summed E-state index contributed by atoms with van der Waals surface area (Å²) >= 11 is 0. The maximum Gasteiger partial charge on any atom is 0.205 e. The molecule has 16 heavy (non-hydrogen) atoms. The van der Waals surface area contributed by atoms with Gasteiger partial charge in [-0.1, -0.05) is 20.8 Å². The van der Waals surface area contributed by atoms with Gasteiger partial charge in [-0.3, -0.25) is 4.98 Å². The third-order valence-corrected chi connectivity index (χ3v) is 2.07. The van der Waals surface area contributed by atoms with Crippen LogP contribution in [0.2, 0.25) is 0 Å². The average molecular weight is 215 g/mol. The monoisotopic (exact) mass is 215 g/mol. The van der Waals surface area contributed by atoms with Crippen molar-refractivity contribution in [2.45, 2.75) is 26.2 Å². The van der Waals surface area contributed by atoms with Gasteiger partial charge in [0.2, 0.25) is 5.82 Å². The Bertz CT molecular complexity index is 458. The molecule has 2 heterocycles. The van der Waals surface area contributed by atoms with Crippen LogP contribution in [0.4, 0.5) is 0 Å². The SMILES string of the molecule is CC(C)(C)c1nnc(-c2cccnc2)nn1. The fourth-order valence-electron chi connectivity index (χ4n) is 1.14. The summed E-state index contributed by atoms with van der Waals surface area (Å²) in [7, 11) is 0. The van der Waals surface area contributed by atoms with E-state index in [4.69, 9.17) is 0 Å². The second-order valence-electron chi connectivity index (χ2n) is 4.54. The van der Waals surface area contributed by atoms with Crippen LogP contribution in [-0.4, -0.2) is 25.4 Å². The first-order valence-electron chi connectivity index (χ1n) is 5.05. The third kappa shape index (κ3) is 2.18. The molecule has 0 N–H and O–H groups in total. The summed E-state index contributed by atoms with van der Waals surface area (Å²) < 4.78 is 0. The lowest BCUT2D eigenvalue weighted by Crippen LogP contribution is -2.18. The van der Waals surface area contributed by atoms with Gasteiger partial charge in [-0.2, -0.15) is 0 Å². The van der Waals surface area contributed by atoms with Gasteiger partial charge in [-0.15, -0.1) is 20.4 Å². The van der Waals surface area contributed by atoms with E-state index in [2.05, 4.69) is 25.4 Å². The first-order valence-corrected chi connectivity index (χ1v) is 5.05. The van der Waals surface area contributed by atoms with Gasteiger partial charge < -0.3 is 0 Å². The molecule has 0 aromatic carbocycles. The van der Waals surface area contributed by atoms with E-state index >= 15 is 0 Å². The molecule has 0 saturated carbocycles. The van der Waals surface area contributed by atoms with Crippen LogP contribution < -0.4 is 0 Å². The Balaban J connectivity index is 2.34. The molecule has 0 aliphatic carbocycles. The van der Waals surface area contributed by atoms with Gasteiger partial charge in [0.05, 0.1) is 0 Å². The fraction of sp³-hybridized carbons (Fsp3) is 0.364. The highest BCUT2D eigenvalue weighted by molar-refractivity contribution is 5.51. The van der Waals surface area contributed by atoms with Crippen LogP contribution in [0.5, 0.6) is 0 Å². The average Bonchev–Trinajstić information content (AvgIpc) is 2.29. The van der Waals surface area contributed by atoms with Crippen LogP contribution in [0.15, 0.2) is 24.5 Å². The normalized spacial score (nSPS) is 11.4. The van der Waals surface area contributed by atoms with Crippen LogP contribution in [-0.2, 0) is 5.41 Å². The van der Waals surface area contributed by atoms with Crippen molar-refractivity contribution in [2.24, 2.45) is 0 Å². The number of hydrogen-bond donors (Lipinski definition) is 0. The molecular formula is C11H13N5. The van der Waals surface area contributed by atoms with E-state index in [1.807, 2.05) is 32.9 Å². The van der Waals surface area contributed by atoms with Crippen molar-refractivity contribution in [3.8, 4) is 11.4 Å². The maximum absolute atomic E-state index is 4.07. The summed E-state index contributed by atoms with van der Waals surface area (Å²) in [5.41, 5.74) is 0.691. The molecule has 0 amide bonds. The van der Waals surface area contributed by atoms with E-state index in [1.54, 1.807) is 12.4 Å². The van der Waals surface area contributed by atoms with Crippen molar-refractivity contribution >= 4 is 0 Å². The predicted octanol–water partition coefficient (Wildman–Crippen LogP) is 1.63. The Morgan fingerprint density at radius 2 is 1.69 bits per heavy atom. The Labute approximate surface area is 94.0 Å². The zero-order valence-corrected chi connectivity index (χ0v) is 9.55. The highest BCUT2D eigenvalue weighted by Gasteiger charge is 2.18. The first-order chi connectivity index (χ1) is 7.57. The highest BCUT2D eigenvalue weighted by atomic mass is 15.3. The van der Waals surface area contributed by atoms with E-state index in [9.17, 15) is 0 Å². The second-order valence-corrected chi connectivity index (χ2v) is 4.54. The molecule has 2 aromatic heterocycles. The minimum atomic E-state index is -0.131. The molecule has 5 heteroatoms. The standard InChI is InChI=1S/C11H13N5/c1-11(2,3)10-15-13-9(14-16-10)8-5-4-6-12-7-8/h4-7H,1-3H3. The lowest BCUT2D eigenvalue weighted by atomic mass is 9.96. The van der Waals surface area contributed by atoms with Crippen molar-refractivity contribution in [1.82, 2.24) is 25.4 Å². The Kier molecular flexibility index (Phi) is 2.60. The molecule has 0 bridgehead atoms. The third-order valence-electron chi connectivity index (χ3n) is 2.07. The second kappa shape index (κ2) is 3.92. The Morgan fingerprint density at radius 3 is 2.19 bits per heavy atom. The summed E-state index contributed by atoms with van der Waals surface area (Å²) in [6, 6.07) is 3.71.